The van der Waals surface area contributed by atoms with Crippen molar-refractivity contribution in [2.24, 2.45) is 88.8 Å². The van der Waals surface area contributed by atoms with E-state index in [0.29, 0.717) is 54.1 Å². The average Bonchev–Trinajstić information content (AvgIpc) is 1.64. The van der Waals surface area contributed by atoms with E-state index in [1.54, 1.807) is 30.5 Å². The van der Waals surface area contributed by atoms with Crippen molar-refractivity contribution in [2.45, 2.75) is 170 Å². The zero-order chi connectivity index (χ0) is 72.7. The molecule has 0 fully saturated rings. The molecule has 9 amide bonds. The van der Waals surface area contributed by atoms with Gasteiger partial charge in [-0.05, 0) is 139 Å². The number of primary amides is 1. The molecule has 0 bridgehead atoms. The number of carboxylic acids is 1. The molecule has 9 atom stereocenters. The lowest BCUT2D eigenvalue weighted by atomic mass is 10.0. The molecular weight excluding hydrogens is 1270 g/mol. The second-order valence-corrected chi connectivity index (χ2v) is 23.2. The van der Waals surface area contributed by atoms with Crippen LogP contribution in [0.4, 0.5) is 0 Å². The minimum atomic E-state index is -1.69. The van der Waals surface area contributed by atoms with Crippen LogP contribution in [-0.2, 0) is 60.8 Å². The van der Waals surface area contributed by atoms with Crippen molar-refractivity contribution < 1.29 is 58.2 Å². The number of carboxylic acid groups (broad SMARTS) is 1. The summed E-state index contributed by atoms with van der Waals surface area (Å²) in [6.45, 7) is 0.616. The second kappa shape index (κ2) is 44.2. The van der Waals surface area contributed by atoms with Crippen LogP contribution in [-0.4, -0.2) is 192 Å². The molecule has 35 N–H and O–H groups in total. The van der Waals surface area contributed by atoms with E-state index in [4.69, 9.17) is 68.8 Å². The van der Waals surface area contributed by atoms with Gasteiger partial charge in [0.2, 0.25) is 53.2 Å². The lowest BCUT2D eigenvalue weighted by molar-refractivity contribution is -0.142. The largest absolute Gasteiger partial charge is 0.508 e. The third-order valence-electron chi connectivity index (χ3n) is 15.2. The number of H-pyrrole nitrogens is 1. The van der Waals surface area contributed by atoms with Gasteiger partial charge < -0.3 is 127 Å². The first kappa shape index (κ1) is 81.7. The van der Waals surface area contributed by atoms with Crippen LogP contribution in [0.3, 0.4) is 0 Å². The Labute approximate surface area is 567 Å². The number of amides is 9. The molecule has 0 aliphatic rings. The van der Waals surface area contributed by atoms with Gasteiger partial charge in [-0.1, -0.05) is 30.3 Å². The Kier molecular flexibility index (Phi) is 36.9. The molecule has 37 heteroatoms. The Bertz CT molecular complexity index is 3200. The van der Waals surface area contributed by atoms with Gasteiger partial charge in [-0.3, -0.25) is 63.1 Å². The van der Waals surface area contributed by atoms with Crippen LogP contribution in [0.2, 0.25) is 0 Å². The molecule has 3 aromatic rings. The van der Waals surface area contributed by atoms with Crippen LogP contribution < -0.4 is 111 Å². The number of guanidine groups is 4. The van der Waals surface area contributed by atoms with Crippen molar-refractivity contribution >= 4 is 93.9 Å². The highest BCUT2D eigenvalue weighted by atomic mass is 16.4. The second-order valence-electron chi connectivity index (χ2n) is 23.2. The smallest absolute Gasteiger partial charge is 0.326 e. The lowest BCUT2D eigenvalue weighted by Gasteiger charge is -2.28. The number of phenolic OH excluding ortho intramolecular Hbond substituents is 1. The number of rotatable bonds is 48. The number of fused-ring (bicyclic) bond motifs is 1. The highest BCUT2D eigenvalue weighted by Gasteiger charge is 2.36. The van der Waals surface area contributed by atoms with E-state index in [1.807, 2.05) is 0 Å². The zero-order valence-corrected chi connectivity index (χ0v) is 55.1. The summed E-state index contributed by atoms with van der Waals surface area (Å²) < 4.78 is 0. The summed E-state index contributed by atoms with van der Waals surface area (Å²) >= 11 is 0. The molecule has 0 saturated heterocycles. The number of hydrogen-bond acceptors (Lipinski definition) is 18. The minimum Gasteiger partial charge on any atom is -0.508 e. The summed E-state index contributed by atoms with van der Waals surface area (Å²) in [5, 5.41) is 42.1. The number of aromatic hydroxyl groups is 1. The van der Waals surface area contributed by atoms with Gasteiger partial charge in [0.05, 0.1) is 6.04 Å². The maximum Gasteiger partial charge on any atom is 0.326 e. The number of benzene rings is 2. The van der Waals surface area contributed by atoms with Crippen LogP contribution in [0.1, 0.15) is 114 Å². The maximum absolute atomic E-state index is 14.9. The minimum absolute atomic E-state index is 0.00274. The topological polar surface area (TPSA) is 685 Å². The molecule has 1 aromatic heterocycles. The van der Waals surface area contributed by atoms with Crippen LogP contribution in [0.5, 0.6) is 5.75 Å². The number of aliphatic carboxylic acids is 1. The fraction of sp³-hybridized carbons (Fsp3) is 0.541. The van der Waals surface area contributed by atoms with Crippen LogP contribution in [0.25, 0.3) is 10.9 Å². The average molecular weight is 1380 g/mol. The SMILES string of the molecule is NCCCC[C@H](NC(=O)[C@H](N)CCCN=C(N)N)C(=O)N[C@@H](CCCCN)C(=O)N[C@@H](Cc1ccc(O)cc1)C(=O)N[C@H](CCCN=C(N)N)C(=O)N[C@@H](CCC(N)=O)C(=O)N[C@@H](CCCN=C(N)N)C(=O)N[C@@H](Cc1c[nH]c2ccccc12)C(=O)N[C@H](CCCN=C(N)N)C(=O)O. The maximum atomic E-state index is 14.9. The summed E-state index contributed by atoms with van der Waals surface area (Å²) in [7, 11) is 0. The third kappa shape index (κ3) is 31.8. The number of para-hydroxylation sites is 1. The number of aliphatic imine (C=N–C) groups is 4. The molecule has 0 aliphatic carbocycles. The fourth-order valence-electron chi connectivity index (χ4n) is 10.0. The Morgan fingerprint density at radius 1 is 0.408 bits per heavy atom. The van der Waals surface area contributed by atoms with Crippen molar-refractivity contribution in [1.29, 1.82) is 0 Å². The van der Waals surface area contributed by atoms with Gasteiger partial charge in [-0.2, -0.15) is 0 Å². The van der Waals surface area contributed by atoms with Gasteiger partial charge in [0.15, 0.2) is 23.8 Å². The standard InChI is InChI=1S/C61H101N25O12/c62-25-5-3-14-40(79-49(89)38(64)12-7-27-74-58(66)67)50(90)80-41(15-4-6-26-63)52(92)85-46(31-34-19-21-36(87)22-20-34)55(95)82-42(16-8-28-75-59(68)69)51(91)83-44(23-24-48(65)88)54(94)81-43(17-9-29-76-60(70)71)53(93)86-47(32-35-33-78-39-13-2-1-11-37(35)39)56(96)84-45(57(97)98)18-10-30-77-61(72)73/h1-2,11,13,19-22,33,38,40-47,78,87H,3-10,12,14-18,23-32,62-64H2,(H2,65,88)(H,79,89)(H,80,90)(H,81,94)(H,82,95)(H,83,91)(H,84,96)(H,85,92)(H,86,93)(H,97,98)(H4,66,67,74)(H4,68,69,75)(H4,70,71,76)(H4,72,73,77)/t38-,40+,41+,42-,43+,44+,45-,46+,47+/m1/s1. The summed E-state index contributed by atoms with van der Waals surface area (Å²) in [6.07, 6.45) is 1.99. The number of carbonyl (C=O) groups is 10. The number of nitrogens with zero attached hydrogens (tertiary/aromatic N) is 4. The molecular formula is C61H101N25O12. The van der Waals surface area contributed by atoms with Gasteiger partial charge in [0, 0.05) is 62.5 Å². The Balaban J connectivity index is 2.08. The van der Waals surface area contributed by atoms with Crippen molar-refractivity contribution in [2.75, 3.05) is 39.3 Å². The molecule has 98 heavy (non-hydrogen) atoms. The van der Waals surface area contributed by atoms with Crippen LogP contribution in [0.15, 0.2) is 74.7 Å². The summed E-state index contributed by atoms with van der Waals surface area (Å²) in [5.41, 5.74) is 69.1. The number of unbranched alkanes of at least 4 members (excludes halogenated alkanes) is 2. The highest BCUT2D eigenvalue weighted by Crippen LogP contribution is 2.20. The van der Waals surface area contributed by atoms with Crippen molar-refractivity contribution in [3.05, 3.63) is 65.9 Å². The predicted octanol–water partition coefficient (Wildman–Crippen LogP) is -6.31. The first-order valence-electron chi connectivity index (χ1n) is 32.3. The first-order valence-corrected chi connectivity index (χ1v) is 32.3. The highest BCUT2D eigenvalue weighted by molar-refractivity contribution is 5.99. The summed E-state index contributed by atoms with van der Waals surface area (Å²) in [5.74, 6) is -10.6. The van der Waals surface area contributed by atoms with Crippen molar-refractivity contribution in [3.8, 4) is 5.75 Å². The number of phenols is 1. The molecule has 0 spiro atoms. The van der Waals surface area contributed by atoms with Crippen molar-refractivity contribution in [1.82, 2.24) is 47.5 Å². The van der Waals surface area contributed by atoms with E-state index in [2.05, 4.69) is 67.5 Å². The molecule has 0 radical (unpaired) electrons. The van der Waals surface area contributed by atoms with Gasteiger partial charge in [0.25, 0.3) is 0 Å². The Hall–Kier alpha value is -10.6. The van der Waals surface area contributed by atoms with Gasteiger partial charge in [-0.25, -0.2) is 4.79 Å². The number of hydrogen-bond donors (Lipinski definition) is 23. The number of nitrogens with two attached hydrogens (primary N) is 12. The number of carbonyl (C=O) groups excluding carboxylic acids is 9. The van der Waals surface area contributed by atoms with Crippen LogP contribution >= 0.6 is 0 Å². The number of aromatic amines is 1. The Morgan fingerprint density at radius 2 is 0.755 bits per heavy atom. The van der Waals surface area contributed by atoms with Crippen LogP contribution in [0, 0.1) is 0 Å². The van der Waals surface area contributed by atoms with Crippen molar-refractivity contribution in [3.63, 3.8) is 0 Å². The monoisotopic (exact) mass is 1380 g/mol. The normalized spacial score (nSPS) is 13.7. The molecule has 0 aliphatic heterocycles. The number of aromatic nitrogens is 1. The molecule has 2 aromatic carbocycles. The third-order valence-corrected chi connectivity index (χ3v) is 15.2. The molecule has 0 saturated carbocycles. The van der Waals surface area contributed by atoms with Gasteiger partial charge in [0.1, 0.15) is 54.1 Å². The quantitative estimate of drug-likeness (QED) is 0.0142. The lowest BCUT2D eigenvalue weighted by Crippen LogP contribution is -2.60. The molecule has 0 unspecified atom stereocenters. The molecule has 3 rings (SSSR count). The molecule has 1 heterocycles. The number of nitrogens with one attached hydrogen (secondary N) is 9. The zero-order valence-electron chi connectivity index (χ0n) is 55.1. The van der Waals surface area contributed by atoms with E-state index in [0.717, 1.165) is 0 Å². The summed E-state index contributed by atoms with van der Waals surface area (Å²) in [4.78, 5) is 159. The van der Waals surface area contributed by atoms with E-state index >= 15 is 0 Å². The molecule has 542 valence electrons. The first-order chi connectivity index (χ1) is 46.6. The van der Waals surface area contributed by atoms with Gasteiger partial charge >= 0.3 is 5.97 Å². The van der Waals surface area contributed by atoms with Gasteiger partial charge in [-0.15, -0.1) is 0 Å². The summed E-state index contributed by atoms with van der Waals surface area (Å²) in [6, 6.07) is -0.250. The van der Waals surface area contributed by atoms with E-state index in [-0.39, 0.29) is 139 Å². The van der Waals surface area contributed by atoms with E-state index in [1.165, 1.54) is 24.3 Å². The Morgan fingerprint density at radius 3 is 1.16 bits per heavy atom. The van der Waals surface area contributed by atoms with E-state index < -0.39 is 126 Å². The predicted molar refractivity (Wildman–Crippen MR) is 369 cm³/mol. The van der Waals surface area contributed by atoms with E-state index in [9.17, 15) is 58.2 Å². The molecule has 37 nitrogen and oxygen atoms in total. The fourth-order valence-corrected chi connectivity index (χ4v) is 10.0.